The van der Waals surface area contributed by atoms with Crippen LogP contribution in [0.15, 0.2) is 42.6 Å². The van der Waals surface area contributed by atoms with Gasteiger partial charge >= 0.3 is 0 Å². The summed E-state index contributed by atoms with van der Waals surface area (Å²) in [6, 6.07) is 6.92. The molecule has 3 rings (SSSR count). The number of allylic oxidation sites excluding steroid dienone is 1. The van der Waals surface area contributed by atoms with E-state index in [1.807, 2.05) is 6.08 Å². The second kappa shape index (κ2) is 5.87. The van der Waals surface area contributed by atoms with Gasteiger partial charge in [0, 0.05) is 25.2 Å². The Labute approximate surface area is 123 Å². The van der Waals surface area contributed by atoms with Crippen molar-refractivity contribution in [1.82, 2.24) is 4.90 Å². The van der Waals surface area contributed by atoms with Gasteiger partial charge in [-0.3, -0.25) is 0 Å². The number of hydrogen-bond acceptors (Lipinski definition) is 1. The Bertz CT molecular complexity index is 527. The summed E-state index contributed by atoms with van der Waals surface area (Å²) in [4.78, 5) is 2.48. The van der Waals surface area contributed by atoms with Crippen LogP contribution in [-0.4, -0.2) is 18.0 Å². The maximum Gasteiger partial charge on any atom is 0.0406 e. The summed E-state index contributed by atoms with van der Waals surface area (Å²) in [6.07, 6.45) is 10.8. The molecule has 0 bridgehead atoms. The molecule has 106 valence electrons. The third-order valence-corrected chi connectivity index (χ3v) is 4.64. The van der Waals surface area contributed by atoms with Gasteiger partial charge in [-0.25, -0.2) is 0 Å². The molecule has 1 aliphatic heterocycles. The van der Waals surface area contributed by atoms with Gasteiger partial charge in [0.2, 0.25) is 0 Å². The van der Waals surface area contributed by atoms with Gasteiger partial charge in [0.25, 0.3) is 0 Å². The van der Waals surface area contributed by atoms with Crippen molar-refractivity contribution in [3.63, 3.8) is 0 Å². The molecule has 0 saturated carbocycles. The minimum absolute atomic E-state index is 0.724. The Morgan fingerprint density at radius 2 is 2.15 bits per heavy atom. The third-order valence-electron chi connectivity index (χ3n) is 4.64. The van der Waals surface area contributed by atoms with Crippen LogP contribution >= 0.6 is 0 Å². The first-order chi connectivity index (χ1) is 9.78. The van der Waals surface area contributed by atoms with Gasteiger partial charge < -0.3 is 4.90 Å². The maximum atomic E-state index is 3.77. The van der Waals surface area contributed by atoms with E-state index in [1.54, 1.807) is 16.7 Å². The van der Waals surface area contributed by atoms with Crippen molar-refractivity contribution >= 4 is 0 Å². The number of rotatable bonds is 7. The molecule has 0 radical (unpaired) electrons. The zero-order chi connectivity index (χ0) is 13.9. The van der Waals surface area contributed by atoms with Crippen LogP contribution in [0.3, 0.4) is 0 Å². The van der Waals surface area contributed by atoms with Crippen LogP contribution in [-0.2, 0) is 6.42 Å². The Morgan fingerprint density at radius 3 is 2.95 bits per heavy atom. The van der Waals surface area contributed by atoms with E-state index in [1.165, 1.54) is 50.8 Å². The standard InChI is InChI=1S/C19H25N/c1-3-4-5-6-7-10-20-13-17(14-20)19-12-16-9-8-15(2)11-18(16)19/h3,8-9,11,13,19H,1,4-7,10,12,14H2,2H3. The van der Waals surface area contributed by atoms with Crippen LogP contribution in [0.2, 0.25) is 0 Å². The highest BCUT2D eigenvalue weighted by Gasteiger charge is 2.32. The van der Waals surface area contributed by atoms with Crippen LogP contribution in [0, 0.1) is 6.92 Å². The molecule has 0 amide bonds. The molecule has 1 aromatic rings. The zero-order valence-corrected chi connectivity index (χ0v) is 12.6. The maximum absolute atomic E-state index is 3.77. The number of nitrogens with zero attached hydrogens (tertiary/aromatic N) is 1. The van der Waals surface area contributed by atoms with E-state index >= 15 is 0 Å². The zero-order valence-electron chi connectivity index (χ0n) is 12.6. The van der Waals surface area contributed by atoms with Crippen LogP contribution in [0.4, 0.5) is 0 Å². The summed E-state index contributed by atoms with van der Waals surface area (Å²) in [6.45, 7) is 8.39. The fraction of sp³-hybridized carbons (Fsp3) is 0.474. The van der Waals surface area contributed by atoms with E-state index in [0.717, 1.165) is 5.92 Å². The normalized spacial score (nSPS) is 19.8. The summed E-state index contributed by atoms with van der Waals surface area (Å²) < 4.78 is 0. The first-order valence-electron chi connectivity index (χ1n) is 7.93. The molecule has 0 saturated heterocycles. The summed E-state index contributed by atoms with van der Waals surface area (Å²) in [5.41, 5.74) is 6.19. The molecule has 1 aromatic carbocycles. The van der Waals surface area contributed by atoms with Crippen LogP contribution in [0.25, 0.3) is 0 Å². The van der Waals surface area contributed by atoms with E-state index < -0.39 is 0 Å². The van der Waals surface area contributed by atoms with Gasteiger partial charge in [0.15, 0.2) is 0 Å². The lowest BCUT2D eigenvalue weighted by molar-refractivity contribution is 0.327. The molecule has 1 atom stereocenters. The molecule has 0 N–H and O–H groups in total. The third kappa shape index (κ3) is 2.67. The van der Waals surface area contributed by atoms with E-state index in [9.17, 15) is 0 Å². The van der Waals surface area contributed by atoms with Gasteiger partial charge in [-0.1, -0.05) is 36.3 Å². The highest BCUT2D eigenvalue weighted by Crippen LogP contribution is 2.43. The summed E-state index contributed by atoms with van der Waals surface area (Å²) in [7, 11) is 0. The van der Waals surface area contributed by atoms with Crippen LogP contribution in [0.1, 0.15) is 48.3 Å². The van der Waals surface area contributed by atoms with Crippen LogP contribution in [0.5, 0.6) is 0 Å². The molecular weight excluding hydrogens is 242 g/mol. The lowest BCUT2D eigenvalue weighted by Gasteiger charge is -2.41. The average Bonchev–Trinajstić information content (AvgIpc) is 2.38. The molecule has 0 spiro atoms. The average molecular weight is 267 g/mol. The van der Waals surface area contributed by atoms with Gasteiger partial charge in [0.05, 0.1) is 0 Å². The predicted molar refractivity (Wildman–Crippen MR) is 85.9 cm³/mol. The van der Waals surface area contributed by atoms with E-state index in [2.05, 4.69) is 42.8 Å². The fourth-order valence-corrected chi connectivity index (χ4v) is 3.32. The smallest absolute Gasteiger partial charge is 0.0406 e. The number of benzene rings is 1. The highest BCUT2D eigenvalue weighted by atomic mass is 15.1. The fourth-order valence-electron chi connectivity index (χ4n) is 3.32. The van der Waals surface area contributed by atoms with Crippen molar-refractivity contribution < 1.29 is 0 Å². The molecule has 2 aliphatic rings. The minimum atomic E-state index is 0.724. The molecule has 1 heterocycles. The topological polar surface area (TPSA) is 3.24 Å². The molecule has 0 fully saturated rings. The number of aryl methyl sites for hydroxylation is 1. The predicted octanol–water partition coefficient (Wildman–Crippen LogP) is 4.58. The molecule has 1 unspecified atom stereocenters. The van der Waals surface area contributed by atoms with Crippen molar-refractivity contribution in [2.45, 2.75) is 44.9 Å². The summed E-state index contributed by atoms with van der Waals surface area (Å²) in [5.74, 6) is 0.724. The van der Waals surface area contributed by atoms with E-state index in [-0.39, 0.29) is 0 Å². The largest absolute Gasteiger partial charge is 0.373 e. The van der Waals surface area contributed by atoms with Gasteiger partial charge in [-0.2, -0.15) is 0 Å². The molecule has 1 aliphatic carbocycles. The number of unbranched alkanes of at least 4 members (excludes halogenated alkanes) is 3. The van der Waals surface area contributed by atoms with Crippen molar-refractivity contribution in [2.75, 3.05) is 13.1 Å². The van der Waals surface area contributed by atoms with E-state index in [0.29, 0.717) is 0 Å². The second-order valence-corrected chi connectivity index (χ2v) is 6.27. The van der Waals surface area contributed by atoms with Gasteiger partial charge in [0.1, 0.15) is 0 Å². The van der Waals surface area contributed by atoms with Crippen molar-refractivity contribution in [3.05, 3.63) is 59.3 Å². The molecule has 1 nitrogen and oxygen atoms in total. The Balaban J connectivity index is 1.46. The molecule has 0 aromatic heterocycles. The highest BCUT2D eigenvalue weighted by molar-refractivity contribution is 5.49. The van der Waals surface area contributed by atoms with Gasteiger partial charge in [-0.05, 0) is 49.3 Å². The SMILES string of the molecule is C=CCCCCCN1C=C(C2Cc3ccc(C)cc32)C1. The van der Waals surface area contributed by atoms with Gasteiger partial charge in [-0.15, -0.1) is 6.58 Å². The lowest BCUT2D eigenvalue weighted by atomic mass is 9.71. The molecular formula is C19H25N. The van der Waals surface area contributed by atoms with E-state index in [4.69, 9.17) is 0 Å². The first kappa shape index (κ1) is 13.5. The molecule has 1 heteroatoms. The van der Waals surface area contributed by atoms with Crippen molar-refractivity contribution in [2.24, 2.45) is 0 Å². The van der Waals surface area contributed by atoms with Crippen LogP contribution < -0.4 is 0 Å². The Kier molecular flexibility index (Phi) is 3.95. The van der Waals surface area contributed by atoms with Crippen molar-refractivity contribution in [3.8, 4) is 0 Å². The minimum Gasteiger partial charge on any atom is -0.373 e. The summed E-state index contributed by atoms with van der Waals surface area (Å²) >= 11 is 0. The monoisotopic (exact) mass is 267 g/mol. The lowest BCUT2D eigenvalue weighted by Crippen LogP contribution is -2.36. The van der Waals surface area contributed by atoms with Crippen molar-refractivity contribution in [1.29, 1.82) is 0 Å². The Morgan fingerprint density at radius 1 is 1.30 bits per heavy atom. The quantitative estimate of drug-likeness (QED) is 0.516. The second-order valence-electron chi connectivity index (χ2n) is 6.27. The Hall–Kier alpha value is -1.50. The molecule has 20 heavy (non-hydrogen) atoms. The number of hydrogen-bond donors (Lipinski definition) is 0. The number of fused-ring (bicyclic) bond motifs is 1. The summed E-state index contributed by atoms with van der Waals surface area (Å²) in [5, 5.41) is 0. The first-order valence-corrected chi connectivity index (χ1v) is 7.93.